The van der Waals surface area contributed by atoms with Crippen molar-refractivity contribution < 1.29 is 19.0 Å². The highest BCUT2D eigenvalue weighted by Gasteiger charge is 2.03. The van der Waals surface area contributed by atoms with Crippen LogP contribution in [0.5, 0.6) is 5.75 Å². The summed E-state index contributed by atoms with van der Waals surface area (Å²) in [6.07, 6.45) is 5.80. The zero-order chi connectivity index (χ0) is 15.2. The Morgan fingerprint density at radius 3 is 2.95 bits per heavy atom. The molecule has 5 nitrogen and oxygen atoms in total. The maximum Gasteiger partial charge on any atom is 0.328 e. The second-order valence-electron chi connectivity index (χ2n) is 4.38. The summed E-state index contributed by atoms with van der Waals surface area (Å²) in [6, 6.07) is 4.07. The average molecular weight is 290 g/mol. The number of aliphatic carboxylic acids is 1. The lowest BCUT2D eigenvalue weighted by Gasteiger charge is -2.06. The number of rotatable bonds is 6. The number of nitrogens with zero attached hydrogens (tertiary/aromatic N) is 2. The zero-order valence-corrected chi connectivity index (χ0v) is 11.5. The number of halogens is 1. The molecule has 1 heterocycles. The van der Waals surface area contributed by atoms with Crippen molar-refractivity contribution in [3.05, 3.63) is 53.6 Å². The number of benzene rings is 1. The van der Waals surface area contributed by atoms with Crippen molar-refractivity contribution in [3.63, 3.8) is 0 Å². The Kier molecular flexibility index (Phi) is 4.71. The van der Waals surface area contributed by atoms with Gasteiger partial charge in [0.05, 0.1) is 6.20 Å². The second-order valence-corrected chi connectivity index (χ2v) is 4.38. The molecule has 0 unspecified atom stereocenters. The highest BCUT2D eigenvalue weighted by molar-refractivity contribution is 5.85. The topological polar surface area (TPSA) is 64.3 Å². The summed E-state index contributed by atoms with van der Waals surface area (Å²) in [5, 5.41) is 12.7. The van der Waals surface area contributed by atoms with Crippen LogP contribution in [-0.4, -0.2) is 20.9 Å². The predicted molar refractivity (Wildman–Crippen MR) is 75.3 cm³/mol. The zero-order valence-electron chi connectivity index (χ0n) is 11.5. The van der Waals surface area contributed by atoms with E-state index in [1.807, 2.05) is 13.1 Å². The van der Waals surface area contributed by atoms with Gasteiger partial charge < -0.3 is 9.84 Å². The average Bonchev–Trinajstić information content (AvgIpc) is 2.90. The SMILES string of the molecule is CCn1cc(COc2cc(F)cc(/C=C/C(=O)O)c2)cn1. The highest BCUT2D eigenvalue weighted by atomic mass is 19.1. The third-order valence-corrected chi connectivity index (χ3v) is 2.73. The molecule has 1 aromatic carbocycles. The van der Waals surface area contributed by atoms with E-state index in [4.69, 9.17) is 9.84 Å². The minimum atomic E-state index is -1.09. The molecule has 0 saturated carbocycles. The van der Waals surface area contributed by atoms with E-state index in [0.29, 0.717) is 11.3 Å². The van der Waals surface area contributed by atoms with Crippen LogP contribution in [0.2, 0.25) is 0 Å². The second kappa shape index (κ2) is 6.69. The molecule has 0 spiro atoms. The molecule has 21 heavy (non-hydrogen) atoms. The van der Waals surface area contributed by atoms with E-state index >= 15 is 0 Å². The Balaban J connectivity index is 2.07. The summed E-state index contributed by atoms with van der Waals surface area (Å²) < 4.78 is 20.7. The minimum absolute atomic E-state index is 0.269. The van der Waals surface area contributed by atoms with Crippen LogP contribution in [0.25, 0.3) is 6.08 Å². The van der Waals surface area contributed by atoms with Gasteiger partial charge in [-0.2, -0.15) is 5.10 Å². The molecule has 0 radical (unpaired) electrons. The van der Waals surface area contributed by atoms with E-state index in [-0.39, 0.29) is 6.61 Å². The Morgan fingerprint density at radius 1 is 1.48 bits per heavy atom. The maximum atomic E-state index is 13.5. The van der Waals surface area contributed by atoms with Gasteiger partial charge in [0.25, 0.3) is 0 Å². The molecule has 0 saturated heterocycles. The standard InChI is InChI=1S/C15H15FN2O3/c1-2-18-9-12(8-17-18)10-21-14-6-11(3-4-15(19)20)5-13(16)7-14/h3-9H,2,10H2,1H3,(H,19,20)/b4-3+. The molecule has 1 N–H and O–H groups in total. The van der Waals surface area contributed by atoms with Gasteiger partial charge in [0.1, 0.15) is 18.2 Å². The van der Waals surface area contributed by atoms with Crippen LogP contribution in [0.3, 0.4) is 0 Å². The smallest absolute Gasteiger partial charge is 0.328 e. The fourth-order valence-electron chi connectivity index (χ4n) is 1.75. The molecule has 110 valence electrons. The number of ether oxygens (including phenoxy) is 1. The summed E-state index contributed by atoms with van der Waals surface area (Å²) in [5.74, 6) is -1.24. The lowest BCUT2D eigenvalue weighted by molar-refractivity contribution is -0.131. The van der Waals surface area contributed by atoms with Gasteiger partial charge in [-0.1, -0.05) is 0 Å². The number of hydrogen-bond donors (Lipinski definition) is 1. The van der Waals surface area contributed by atoms with Crippen molar-refractivity contribution in [2.75, 3.05) is 0 Å². The molecule has 6 heteroatoms. The summed E-state index contributed by atoms with van der Waals surface area (Å²) in [7, 11) is 0. The Bertz CT molecular complexity index is 665. The van der Waals surface area contributed by atoms with Gasteiger partial charge in [0.15, 0.2) is 0 Å². The normalized spacial score (nSPS) is 11.0. The van der Waals surface area contributed by atoms with Crippen molar-refractivity contribution in [2.24, 2.45) is 0 Å². The Labute approximate surface area is 121 Å². The molecule has 0 aliphatic rings. The van der Waals surface area contributed by atoms with Crippen molar-refractivity contribution >= 4 is 12.0 Å². The molecule has 2 rings (SSSR count). The van der Waals surface area contributed by atoms with Crippen LogP contribution < -0.4 is 4.74 Å². The number of carboxylic acid groups (broad SMARTS) is 1. The van der Waals surface area contributed by atoms with Gasteiger partial charge in [-0.05, 0) is 30.7 Å². The van der Waals surface area contributed by atoms with Crippen LogP contribution >= 0.6 is 0 Å². The first-order valence-corrected chi connectivity index (χ1v) is 6.42. The fourth-order valence-corrected chi connectivity index (χ4v) is 1.75. The van der Waals surface area contributed by atoms with E-state index in [1.54, 1.807) is 16.9 Å². The first-order chi connectivity index (χ1) is 10.1. The van der Waals surface area contributed by atoms with Gasteiger partial charge in [-0.15, -0.1) is 0 Å². The van der Waals surface area contributed by atoms with Crippen molar-refractivity contribution in [1.82, 2.24) is 9.78 Å². The van der Waals surface area contributed by atoms with Gasteiger partial charge in [-0.25, -0.2) is 9.18 Å². The molecule has 0 aliphatic heterocycles. The molecule has 1 aromatic heterocycles. The first kappa shape index (κ1) is 14.8. The molecular weight excluding hydrogens is 275 g/mol. The number of carbonyl (C=O) groups is 1. The summed E-state index contributed by atoms with van der Waals surface area (Å²) >= 11 is 0. The number of aryl methyl sites for hydroxylation is 1. The van der Waals surface area contributed by atoms with Crippen molar-refractivity contribution in [2.45, 2.75) is 20.1 Å². The molecular formula is C15H15FN2O3. The fraction of sp³-hybridized carbons (Fsp3) is 0.200. The largest absolute Gasteiger partial charge is 0.489 e. The van der Waals surface area contributed by atoms with Gasteiger partial charge in [0, 0.05) is 30.4 Å². The van der Waals surface area contributed by atoms with E-state index < -0.39 is 11.8 Å². The molecule has 0 aliphatic carbocycles. The quantitative estimate of drug-likeness (QED) is 0.831. The summed E-state index contributed by atoms with van der Waals surface area (Å²) in [4.78, 5) is 10.5. The van der Waals surface area contributed by atoms with Crippen LogP contribution in [0.15, 0.2) is 36.7 Å². The van der Waals surface area contributed by atoms with Crippen LogP contribution in [0.4, 0.5) is 4.39 Å². The summed E-state index contributed by atoms with van der Waals surface area (Å²) in [5.41, 5.74) is 1.31. The lowest BCUT2D eigenvalue weighted by Crippen LogP contribution is -1.96. The van der Waals surface area contributed by atoms with Crippen LogP contribution in [0.1, 0.15) is 18.1 Å². The van der Waals surface area contributed by atoms with Gasteiger partial charge in [-0.3, -0.25) is 4.68 Å². The van der Waals surface area contributed by atoms with E-state index in [1.165, 1.54) is 18.2 Å². The highest BCUT2D eigenvalue weighted by Crippen LogP contribution is 2.19. The van der Waals surface area contributed by atoms with Gasteiger partial charge >= 0.3 is 5.97 Å². The van der Waals surface area contributed by atoms with Crippen LogP contribution in [0, 0.1) is 5.82 Å². The Hall–Kier alpha value is -2.63. The summed E-state index contributed by atoms with van der Waals surface area (Å²) in [6.45, 7) is 3.01. The van der Waals surface area contributed by atoms with Crippen LogP contribution in [-0.2, 0) is 17.9 Å². The van der Waals surface area contributed by atoms with Gasteiger partial charge in [0.2, 0.25) is 0 Å². The monoisotopic (exact) mass is 290 g/mol. The van der Waals surface area contributed by atoms with E-state index in [9.17, 15) is 9.18 Å². The third kappa shape index (κ3) is 4.45. The molecule has 0 bridgehead atoms. The Morgan fingerprint density at radius 2 is 2.29 bits per heavy atom. The van der Waals surface area contributed by atoms with Crippen molar-refractivity contribution in [3.8, 4) is 5.75 Å². The number of aromatic nitrogens is 2. The van der Waals surface area contributed by atoms with E-state index in [2.05, 4.69) is 5.10 Å². The molecule has 0 fully saturated rings. The molecule has 0 atom stereocenters. The lowest BCUT2D eigenvalue weighted by atomic mass is 10.2. The third-order valence-electron chi connectivity index (χ3n) is 2.73. The molecule has 0 amide bonds. The number of carboxylic acids is 1. The molecule has 2 aromatic rings. The first-order valence-electron chi connectivity index (χ1n) is 6.42. The number of hydrogen-bond acceptors (Lipinski definition) is 3. The van der Waals surface area contributed by atoms with E-state index in [0.717, 1.165) is 18.2 Å². The minimum Gasteiger partial charge on any atom is -0.489 e. The maximum absolute atomic E-state index is 13.5. The predicted octanol–water partition coefficient (Wildman–Crippen LogP) is 2.72. The van der Waals surface area contributed by atoms with Crippen molar-refractivity contribution in [1.29, 1.82) is 0 Å².